The number of fused-ring (bicyclic) bond motifs is 2. The Hall–Kier alpha value is -1.17. The standard InChI is InChI=1S/C22H33NO3Si/c1-4-27(5-2,6-3)26-22(13-14-24)17-9-7-8-10-19(17)23-20(25)15-16-11-12-18(22)21(16)23/h7-10,16,18,21,24H,4-6,11-15H2,1-3H3/t16-,18-,21+,22+/m0/s1. The maximum absolute atomic E-state index is 12.8. The molecule has 1 N–H and O–H groups in total. The molecule has 3 aliphatic rings. The molecule has 0 unspecified atom stereocenters. The van der Waals surface area contributed by atoms with Crippen LogP contribution in [0.15, 0.2) is 24.3 Å². The summed E-state index contributed by atoms with van der Waals surface area (Å²) < 4.78 is 7.30. The summed E-state index contributed by atoms with van der Waals surface area (Å²) in [6, 6.07) is 11.9. The first-order valence-corrected chi connectivity index (χ1v) is 13.3. The number of nitrogens with zero attached hydrogens (tertiary/aromatic N) is 1. The van der Waals surface area contributed by atoms with Crippen LogP contribution in [0.1, 0.15) is 52.0 Å². The molecule has 1 aromatic rings. The van der Waals surface area contributed by atoms with E-state index in [0.717, 1.165) is 42.2 Å². The largest absolute Gasteiger partial charge is 0.407 e. The Morgan fingerprint density at radius 2 is 1.89 bits per heavy atom. The number of aliphatic hydroxyl groups excluding tert-OH is 1. The van der Waals surface area contributed by atoms with Crippen molar-refractivity contribution in [2.45, 2.75) is 76.2 Å². The smallest absolute Gasteiger partial charge is 0.227 e. The molecule has 2 fully saturated rings. The van der Waals surface area contributed by atoms with Crippen molar-refractivity contribution in [3.8, 4) is 0 Å². The van der Waals surface area contributed by atoms with E-state index in [2.05, 4.69) is 43.9 Å². The third kappa shape index (κ3) is 2.65. The second-order valence-corrected chi connectivity index (χ2v) is 13.3. The minimum atomic E-state index is -1.90. The summed E-state index contributed by atoms with van der Waals surface area (Å²) >= 11 is 0. The van der Waals surface area contributed by atoms with Crippen molar-refractivity contribution in [2.75, 3.05) is 11.5 Å². The van der Waals surface area contributed by atoms with E-state index in [-0.39, 0.29) is 18.6 Å². The summed E-state index contributed by atoms with van der Waals surface area (Å²) in [4.78, 5) is 14.9. The van der Waals surface area contributed by atoms with Crippen LogP contribution in [0.2, 0.25) is 18.1 Å². The molecule has 0 radical (unpaired) electrons. The maximum atomic E-state index is 12.8. The van der Waals surface area contributed by atoms with Gasteiger partial charge in [0.25, 0.3) is 0 Å². The number of hydrogen-bond donors (Lipinski definition) is 1. The monoisotopic (exact) mass is 387 g/mol. The average Bonchev–Trinajstić information content (AvgIpc) is 3.24. The highest BCUT2D eigenvalue weighted by molar-refractivity contribution is 6.73. The molecular weight excluding hydrogens is 354 g/mol. The number of anilines is 1. The van der Waals surface area contributed by atoms with E-state index in [4.69, 9.17) is 4.43 Å². The van der Waals surface area contributed by atoms with Gasteiger partial charge in [-0.25, -0.2) is 0 Å². The SMILES string of the molecule is CC[Si](CC)(CC)O[C@]1(CCO)c2ccccc2N2C(=O)C[C@@H]3CC[C@H]1[C@@H]32. The van der Waals surface area contributed by atoms with Gasteiger partial charge in [0, 0.05) is 37.0 Å². The normalized spacial score (nSPS) is 31.9. The number of aliphatic hydroxyl groups is 1. The molecule has 2 aliphatic heterocycles. The summed E-state index contributed by atoms with van der Waals surface area (Å²) in [6.45, 7) is 6.92. The zero-order valence-electron chi connectivity index (χ0n) is 16.9. The molecule has 1 saturated heterocycles. The first kappa shape index (κ1) is 19.2. The van der Waals surface area contributed by atoms with Crippen molar-refractivity contribution in [3.05, 3.63) is 29.8 Å². The molecule has 4 atom stereocenters. The second-order valence-electron chi connectivity index (χ2n) is 8.63. The van der Waals surface area contributed by atoms with Crippen LogP contribution in [0.3, 0.4) is 0 Å². The Balaban J connectivity index is 1.91. The van der Waals surface area contributed by atoms with Crippen molar-refractivity contribution in [1.29, 1.82) is 0 Å². The molecule has 1 saturated carbocycles. The summed E-state index contributed by atoms with van der Waals surface area (Å²) in [7, 11) is -1.90. The molecule has 148 valence electrons. The van der Waals surface area contributed by atoms with Crippen molar-refractivity contribution in [3.63, 3.8) is 0 Å². The van der Waals surface area contributed by atoms with E-state index in [1.807, 2.05) is 6.07 Å². The predicted molar refractivity (Wildman–Crippen MR) is 110 cm³/mol. The van der Waals surface area contributed by atoms with Crippen LogP contribution in [0.4, 0.5) is 5.69 Å². The lowest BCUT2D eigenvalue weighted by Gasteiger charge is -2.53. The summed E-state index contributed by atoms with van der Waals surface area (Å²) in [5.41, 5.74) is 1.73. The molecule has 1 aliphatic carbocycles. The molecule has 0 bridgehead atoms. The topological polar surface area (TPSA) is 49.8 Å². The van der Waals surface area contributed by atoms with Crippen LogP contribution >= 0.6 is 0 Å². The average molecular weight is 388 g/mol. The Labute approximate surface area is 164 Å². The van der Waals surface area contributed by atoms with Crippen LogP contribution in [0.5, 0.6) is 0 Å². The lowest BCUT2D eigenvalue weighted by atomic mass is 9.72. The van der Waals surface area contributed by atoms with Crippen LogP contribution in [0, 0.1) is 11.8 Å². The lowest BCUT2D eigenvalue weighted by molar-refractivity contribution is -0.118. The minimum absolute atomic E-state index is 0.123. The minimum Gasteiger partial charge on any atom is -0.407 e. The van der Waals surface area contributed by atoms with Crippen LogP contribution in [-0.4, -0.2) is 32.0 Å². The molecule has 1 aromatic carbocycles. The Morgan fingerprint density at radius 1 is 1.19 bits per heavy atom. The zero-order chi connectivity index (χ0) is 19.2. The van der Waals surface area contributed by atoms with Gasteiger partial charge >= 0.3 is 0 Å². The van der Waals surface area contributed by atoms with Gasteiger partial charge in [0.2, 0.25) is 5.91 Å². The summed E-state index contributed by atoms with van der Waals surface area (Å²) in [6.07, 6.45) is 3.49. The number of benzene rings is 1. The van der Waals surface area contributed by atoms with Gasteiger partial charge in [0.15, 0.2) is 8.32 Å². The van der Waals surface area contributed by atoms with Gasteiger partial charge < -0.3 is 14.4 Å². The van der Waals surface area contributed by atoms with Crippen LogP contribution in [0.25, 0.3) is 0 Å². The van der Waals surface area contributed by atoms with Crippen molar-refractivity contribution in [1.82, 2.24) is 0 Å². The molecule has 0 aromatic heterocycles. The Kier molecular flexibility index (Phi) is 4.98. The fourth-order valence-corrected chi connectivity index (χ4v) is 9.30. The van der Waals surface area contributed by atoms with Gasteiger partial charge in [-0.05, 0) is 43.0 Å². The zero-order valence-corrected chi connectivity index (χ0v) is 17.9. The van der Waals surface area contributed by atoms with E-state index >= 15 is 0 Å². The van der Waals surface area contributed by atoms with Gasteiger partial charge in [-0.3, -0.25) is 4.79 Å². The first-order chi connectivity index (χ1) is 13.1. The highest BCUT2D eigenvalue weighted by Crippen LogP contribution is 2.60. The third-order valence-corrected chi connectivity index (χ3v) is 12.4. The number of hydrogen-bond acceptors (Lipinski definition) is 3. The Bertz CT molecular complexity index is 711. The first-order valence-electron chi connectivity index (χ1n) is 10.8. The fourth-order valence-electron chi connectivity index (χ4n) is 6.23. The molecule has 4 nitrogen and oxygen atoms in total. The van der Waals surface area contributed by atoms with E-state index in [0.29, 0.717) is 24.7 Å². The molecule has 2 heterocycles. The number of carbonyl (C=O) groups is 1. The molecule has 4 rings (SSSR count). The van der Waals surface area contributed by atoms with Crippen molar-refractivity contribution in [2.24, 2.45) is 11.8 Å². The fraction of sp³-hybridized carbons (Fsp3) is 0.682. The number of para-hydroxylation sites is 1. The number of carbonyl (C=O) groups excluding carboxylic acids is 1. The second kappa shape index (κ2) is 7.01. The molecule has 5 heteroatoms. The van der Waals surface area contributed by atoms with Gasteiger partial charge in [0.1, 0.15) is 0 Å². The van der Waals surface area contributed by atoms with Crippen LogP contribution < -0.4 is 4.90 Å². The van der Waals surface area contributed by atoms with E-state index < -0.39 is 13.9 Å². The quantitative estimate of drug-likeness (QED) is 0.704. The molecule has 27 heavy (non-hydrogen) atoms. The number of rotatable bonds is 7. The summed E-state index contributed by atoms with van der Waals surface area (Å²) in [5, 5.41) is 10.1. The number of amides is 1. The van der Waals surface area contributed by atoms with E-state index in [1.165, 1.54) is 0 Å². The highest BCUT2D eigenvalue weighted by atomic mass is 28.4. The molecular formula is C22H33NO3Si. The molecule has 0 spiro atoms. The Morgan fingerprint density at radius 3 is 2.56 bits per heavy atom. The van der Waals surface area contributed by atoms with Crippen molar-refractivity contribution >= 4 is 19.9 Å². The van der Waals surface area contributed by atoms with E-state index in [1.54, 1.807) is 0 Å². The lowest BCUT2D eigenvalue weighted by Crippen LogP contribution is -2.58. The van der Waals surface area contributed by atoms with Gasteiger partial charge in [-0.1, -0.05) is 39.0 Å². The van der Waals surface area contributed by atoms with E-state index in [9.17, 15) is 9.90 Å². The molecule has 1 amide bonds. The third-order valence-electron chi connectivity index (χ3n) is 7.78. The van der Waals surface area contributed by atoms with Gasteiger partial charge in [-0.15, -0.1) is 0 Å². The van der Waals surface area contributed by atoms with Crippen LogP contribution in [-0.2, 0) is 14.8 Å². The maximum Gasteiger partial charge on any atom is 0.227 e. The van der Waals surface area contributed by atoms with Crippen molar-refractivity contribution < 1.29 is 14.3 Å². The highest BCUT2D eigenvalue weighted by Gasteiger charge is 2.62. The predicted octanol–water partition coefficient (Wildman–Crippen LogP) is 4.43. The van der Waals surface area contributed by atoms with Gasteiger partial charge in [0.05, 0.1) is 11.3 Å². The summed E-state index contributed by atoms with van der Waals surface area (Å²) in [5.74, 6) is 1.01. The van der Waals surface area contributed by atoms with Gasteiger partial charge in [-0.2, -0.15) is 0 Å².